The van der Waals surface area contributed by atoms with Gasteiger partial charge in [-0.25, -0.2) is 4.98 Å². The van der Waals surface area contributed by atoms with Crippen LogP contribution in [0.5, 0.6) is 0 Å². The third kappa shape index (κ3) is 5.21. The van der Waals surface area contributed by atoms with Crippen LogP contribution in [0.4, 0.5) is 5.82 Å². The van der Waals surface area contributed by atoms with Gasteiger partial charge < -0.3 is 10.6 Å². The molecule has 0 aliphatic carbocycles. The molecule has 0 aliphatic rings. The van der Waals surface area contributed by atoms with E-state index in [2.05, 4.69) is 15.6 Å². The van der Waals surface area contributed by atoms with E-state index in [0.29, 0.717) is 12.4 Å². The summed E-state index contributed by atoms with van der Waals surface area (Å²) in [6.45, 7) is 4.56. The van der Waals surface area contributed by atoms with Crippen LogP contribution < -0.4 is 10.6 Å². The van der Waals surface area contributed by atoms with E-state index in [4.69, 9.17) is 5.26 Å². The molecule has 0 aliphatic heterocycles. The number of aromatic nitrogens is 1. The molecule has 1 rings (SSSR count). The van der Waals surface area contributed by atoms with Crippen molar-refractivity contribution in [1.82, 2.24) is 10.3 Å². The summed E-state index contributed by atoms with van der Waals surface area (Å²) in [7, 11) is 0. The number of nitrogens with zero attached hydrogens (tertiary/aromatic N) is 2. The molecule has 1 heterocycles. The predicted octanol–water partition coefficient (Wildman–Crippen LogP) is 2.13. The fourth-order valence-corrected chi connectivity index (χ4v) is 1.38. The number of hydrogen-bond acceptors (Lipinski definition) is 4. The Morgan fingerprint density at radius 3 is 3.00 bits per heavy atom. The number of carbonyl (C=O) groups excluding carboxylic acids is 1. The van der Waals surface area contributed by atoms with Crippen LogP contribution >= 0.6 is 0 Å². The van der Waals surface area contributed by atoms with E-state index >= 15 is 0 Å². The van der Waals surface area contributed by atoms with Crippen molar-refractivity contribution in [3.05, 3.63) is 35.7 Å². The molecule has 1 aromatic heterocycles. The van der Waals surface area contributed by atoms with Gasteiger partial charge in [0.25, 0.3) is 5.91 Å². The Labute approximate surface area is 113 Å². The Bertz CT molecular complexity index is 502. The lowest BCUT2D eigenvalue weighted by Gasteiger charge is -2.04. The van der Waals surface area contributed by atoms with Crippen molar-refractivity contribution in [2.75, 3.05) is 11.9 Å². The minimum Gasteiger partial charge on any atom is -0.351 e. The van der Waals surface area contributed by atoms with Crippen molar-refractivity contribution in [1.29, 1.82) is 5.26 Å². The summed E-state index contributed by atoms with van der Waals surface area (Å²) in [6.07, 6.45) is 4.94. The normalized spacial score (nSPS) is 10.7. The van der Waals surface area contributed by atoms with Crippen molar-refractivity contribution in [3.8, 4) is 6.07 Å². The number of carbonyl (C=O) groups is 1. The summed E-state index contributed by atoms with van der Waals surface area (Å²) >= 11 is 0. The van der Waals surface area contributed by atoms with Gasteiger partial charge in [-0.05, 0) is 31.0 Å². The number of rotatable bonds is 6. The minimum atomic E-state index is -0.365. The topological polar surface area (TPSA) is 77.8 Å². The maximum atomic E-state index is 11.7. The third-order valence-corrected chi connectivity index (χ3v) is 2.46. The number of anilines is 1. The molecule has 19 heavy (non-hydrogen) atoms. The summed E-state index contributed by atoms with van der Waals surface area (Å²) in [5.74, 6) is 0.241. The summed E-state index contributed by atoms with van der Waals surface area (Å²) in [5.41, 5.74) is 1.09. The molecule has 0 radical (unpaired) electrons. The van der Waals surface area contributed by atoms with E-state index < -0.39 is 0 Å². The van der Waals surface area contributed by atoms with Gasteiger partial charge in [0.2, 0.25) is 0 Å². The summed E-state index contributed by atoms with van der Waals surface area (Å²) in [4.78, 5) is 15.8. The molecule has 1 aromatic rings. The molecule has 1 amide bonds. The molecule has 5 heteroatoms. The van der Waals surface area contributed by atoms with E-state index in [1.807, 2.05) is 32.0 Å². The van der Waals surface area contributed by atoms with Crippen molar-refractivity contribution in [3.63, 3.8) is 0 Å². The monoisotopic (exact) mass is 258 g/mol. The number of amides is 1. The second-order valence-electron chi connectivity index (χ2n) is 4.14. The smallest absolute Gasteiger partial charge is 0.263 e. The Morgan fingerprint density at radius 1 is 1.58 bits per heavy atom. The van der Waals surface area contributed by atoms with E-state index in [1.165, 1.54) is 6.20 Å². The van der Waals surface area contributed by atoms with Crippen LogP contribution in [0.2, 0.25) is 0 Å². The Morgan fingerprint density at radius 2 is 2.37 bits per heavy atom. The number of pyridine rings is 1. The summed E-state index contributed by atoms with van der Waals surface area (Å²) in [6, 6.07) is 5.58. The first-order chi connectivity index (χ1) is 9.17. The van der Waals surface area contributed by atoms with Gasteiger partial charge >= 0.3 is 0 Å². The van der Waals surface area contributed by atoms with Gasteiger partial charge in [-0.15, -0.1) is 0 Å². The first kappa shape index (κ1) is 14.7. The Hall–Kier alpha value is -2.35. The first-order valence-electron chi connectivity index (χ1n) is 6.25. The van der Waals surface area contributed by atoms with E-state index in [0.717, 1.165) is 18.4 Å². The van der Waals surface area contributed by atoms with Crippen molar-refractivity contribution >= 4 is 11.7 Å². The SMILES string of the molecule is CCCCNC(=O)/C(C#N)=C\Nc1cc(C)ccn1. The van der Waals surface area contributed by atoms with Crippen LogP contribution in [0.3, 0.4) is 0 Å². The molecule has 0 bridgehead atoms. The van der Waals surface area contributed by atoms with Crippen molar-refractivity contribution in [2.45, 2.75) is 26.7 Å². The lowest BCUT2D eigenvalue weighted by molar-refractivity contribution is -0.117. The van der Waals surface area contributed by atoms with Gasteiger partial charge in [0.15, 0.2) is 0 Å². The quantitative estimate of drug-likeness (QED) is 0.465. The van der Waals surface area contributed by atoms with Gasteiger partial charge in [-0.2, -0.15) is 5.26 Å². The van der Waals surface area contributed by atoms with E-state index in [1.54, 1.807) is 6.20 Å². The predicted molar refractivity (Wildman–Crippen MR) is 74.2 cm³/mol. The number of hydrogen-bond donors (Lipinski definition) is 2. The van der Waals surface area contributed by atoms with E-state index in [-0.39, 0.29) is 11.5 Å². The fraction of sp³-hybridized carbons (Fsp3) is 0.357. The summed E-state index contributed by atoms with van der Waals surface area (Å²) < 4.78 is 0. The molecule has 0 fully saturated rings. The molecule has 0 aromatic carbocycles. The maximum Gasteiger partial charge on any atom is 0.263 e. The van der Waals surface area contributed by atoms with Gasteiger partial charge in [-0.3, -0.25) is 4.79 Å². The molecule has 0 unspecified atom stereocenters. The third-order valence-electron chi connectivity index (χ3n) is 2.46. The van der Waals surface area contributed by atoms with E-state index in [9.17, 15) is 4.79 Å². The average Bonchev–Trinajstić information content (AvgIpc) is 2.40. The largest absolute Gasteiger partial charge is 0.351 e. The van der Waals surface area contributed by atoms with Gasteiger partial charge in [-0.1, -0.05) is 13.3 Å². The molecule has 0 saturated heterocycles. The maximum absolute atomic E-state index is 11.7. The fourth-order valence-electron chi connectivity index (χ4n) is 1.38. The van der Waals surface area contributed by atoms with Gasteiger partial charge in [0, 0.05) is 18.9 Å². The molecular weight excluding hydrogens is 240 g/mol. The highest BCUT2D eigenvalue weighted by molar-refractivity contribution is 5.97. The first-order valence-corrected chi connectivity index (χ1v) is 6.25. The van der Waals surface area contributed by atoms with Gasteiger partial charge in [0.05, 0.1) is 0 Å². The molecular formula is C14H18N4O. The van der Waals surface area contributed by atoms with Crippen LogP contribution in [0, 0.1) is 18.3 Å². The Balaban J connectivity index is 2.62. The van der Waals surface area contributed by atoms with Crippen LogP contribution in [-0.4, -0.2) is 17.4 Å². The highest BCUT2D eigenvalue weighted by Gasteiger charge is 2.07. The Kier molecular flexibility index (Phi) is 6.10. The second-order valence-corrected chi connectivity index (χ2v) is 4.14. The molecule has 0 atom stereocenters. The highest BCUT2D eigenvalue weighted by atomic mass is 16.1. The number of nitriles is 1. The minimum absolute atomic E-state index is 0.0411. The molecule has 0 spiro atoms. The number of aryl methyl sites for hydroxylation is 1. The molecule has 0 saturated carbocycles. The number of nitrogens with one attached hydrogen (secondary N) is 2. The highest BCUT2D eigenvalue weighted by Crippen LogP contribution is 2.06. The zero-order valence-electron chi connectivity index (χ0n) is 11.2. The second kappa shape index (κ2) is 7.88. The lowest BCUT2D eigenvalue weighted by Crippen LogP contribution is -2.25. The van der Waals surface area contributed by atoms with Crippen LogP contribution in [0.25, 0.3) is 0 Å². The van der Waals surface area contributed by atoms with Crippen LogP contribution in [0.15, 0.2) is 30.1 Å². The zero-order chi connectivity index (χ0) is 14.1. The van der Waals surface area contributed by atoms with Crippen molar-refractivity contribution in [2.24, 2.45) is 0 Å². The average molecular weight is 258 g/mol. The zero-order valence-corrected chi connectivity index (χ0v) is 11.2. The van der Waals surface area contributed by atoms with Crippen molar-refractivity contribution < 1.29 is 4.79 Å². The molecule has 2 N–H and O–H groups in total. The summed E-state index contributed by atoms with van der Waals surface area (Å²) in [5, 5.41) is 14.5. The molecule has 5 nitrogen and oxygen atoms in total. The number of unbranched alkanes of at least 4 members (excludes halogenated alkanes) is 1. The van der Waals surface area contributed by atoms with Crippen LogP contribution in [-0.2, 0) is 4.79 Å². The van der Waals surface area contributed by atoms with Gasteiger partial charge in [0.1, 0.15) is 17.5 Å². The standard InChI is InChI=1S/C14H18N4O/c1-3-4-6-17-14(19)12(9-15)10-18-13-8-11(2)5-7-16-13/h5,7-8,10H,3-4,6H2,1-2H3,(H,16,18)(H,17,19)/b12-10-. The lowest BCUT2D eigenvalue weighted by atomic mass is 10.2. The van der Waals surface area contributed by atoms with Crippen LogP contribution in [0.1, 0.15) is 25.3 Å². The molecule has 100 valence electrons.